The Morgan fingerprint density at radius 3 is 2.87 bits per heavy atom. The van der Waals surface area contributed by atoms with E-state index < -0.39 is 6.04 Å². The maximum Gasteiger partial charge on any atom is 0.213 e. The van der Waals surface area contributed by atoms with E-state index in [1.165, 1.54) is 6.39 Å². The highest BCUT2D eigenvalue weighted by molar-refractivity contribution is 5.14. The van der Waals surface area contributed by atoms with Gasteiger partial charge in [-0.15, -0.1) is 0 Å². The molecule has 0 bridgehead atoms. The van der Waals surface area contributed by atoms with Crippen LogP contribution in [-0.2, 0) is 0 Å². The van der Waals surface area contributed by atoms with Crippen LogP contribution in [0.25, 0.3) is 0 Å². The fraction of sp³-hybridized carbons (Fsp3) is 0.444. The SMILES string of the molecule is CC(C)n1cncc1C(N)c1ncon1. The van der Waals surface area contributed by atoms with Gasteiger partial charge in [-0.1, -0.05) is 5.16 Å². The predicted octanol–water partition coefficient (Wildman–Crippen LogP) is 0.895. The summed E-state index contributed by atoms with van der Waals surface area (Å²) in [5.41, 5.74) is 6.88. The van der Waals surface area contributed by atoms with Crippen molar-refractivity contribution in [3.63, 3.8) is 0 Å². The number of rotatable bonds is 3. The molecule has 2 heterocycles. The summed E-state index contributed by atoms with van der Waals surface area (Å²) >= 11 is 0. The molecule has 0 aliphatic rings. The first-order valence-corrected chi connectivity index (χ1v) is 4.73. The van der Waals surface area contributed by atoms with Crippen molar-refractivity contribution in [1.29, 1.82) is 0 Å². The van der Waals surface area contributed by atoms with Crippen LogP contribution in [0.15, 0.2) is 23.4 Å². The molecule has 0 saturated heterocycles. The second-order valence-electron chi connectivity index (χ2n) is 3.59. The number of nitrogens with two attached hydrogens (primary N) is 1. The Morgan fingerprint density at radius 2 is 2.27 bits per heavy atom. The summed E-state index contributed by atoms with van der Waals surface area (Å²) in [7, 11) is 0. The second kappa shape index (κ2) is 3.82. The topological polar surface area (TPSA) is 82.8 Å². The summed E-state index contributed by atoms with van der Waals surface area (Å²) in [6.07, 6.45) is 4.74. The molecule has 0 aliphatic carbocycles. The molecule has 1 unspecified atom stereocenters. The van der Waals surface area contributed by atoms with E-state index in [9.17, 15) is 0 Å². The molecule has 0 aliphatic heterocycles. The lowest BCUT2D eigenvalue weighted by atomic mass is 10.2. The van der Waals surface area contributed by atoms with Crippen molar-refractivity contribution in [2.24, 2.45) is 5.73 Å². The Labute approximate surface area is 87.1 Å². The summed E-state index contributed by atoms with van der Waals surface area (Å²) < 4.78 is 6.65. The molecular weight excluding hydrogens is 194 g/mol. The van der Waals surface area contributed by atoms with Crippen molar-refractivity contribution < 1.29 is 4.52 Å². The van der Waals surface area contributed by atoms with Crippen LogP contribution in [0.5, 0.6) is 0 Å². The van der Waals surface area contributed by atoms with Gasteiger partial charge in [0.2, 0.25) is 6.39 Å². The lowest BCUT2D eigenvalue weighted by Crippen LogP contribution is -2.18. The molecule has 15 heavy (non-hydrogen) atoms. The highest BCUT2D eigenvalue weighted by Gasteiger charge is 2.18. The minimum Gasteiger partial charge on any atom is -0.343 e. The fourth-order valence-corrected chi connectivity index (χ4v) is 1.44. The summed E-state index contributed by atoms with van der Waals surface area (Å²) in [5, 5.41) is 3.72. The Kier molecular flexibility index (Phi) is 2.51. The van der Waals surface area contributed by atoms with Gasteiger partial charge in [0, 0.05) is 6.04 Å². The monoisotopic (exact) mass is 207 g/mol. The molecule has 0 aromatic carbocycles. The predicted molar refractivity (Wildman–Crippen MR) is 52.9 cm³/mol. The summed E-state index contributed by atoms with van der Waals surface area (Å²) in [6, 6.07) is -0.0888. The van der Waals surface area contributed by atoms with Gasteiger partial charge in [0.25, 0.3) is 0 Å². The van der Waals surface area contributed by atoms with Gasteiger partial charge in [-0.3, -0.25) is 0 Å². The maximum atomic E-state index is 6.00. The Morgan fingerprint density at radius 1 is 1.47 bits per heavy atom. The van der Waals surface area contributed by atoms with E-state index in [1.807, 2.05) is 4.57 Å². The molecule has 0 saturated carbocycles. The highest BCUT2D eigenvalue weighted by atomic mass is 16.5. The van der Waals surface area contributed by atoms with E-state index in [4.69, 9.17) is 5.73 Å². The lowest BCUT2D eigenvalue weighted by Gasteiger charge is -2.14. The molecule has 0 radical (unpaired) electrons. The largest absolute Gasteiger partial charge is 0.343 e. The van der Waals surface area contributed by atoms with Crippen molar-refractivity contribution in [2.45, 2.75) is 25.9 Å². The van der Waals surface area contributed by atoms with Crippen LogP contribution < -0.4 is 5.73 Å². The zero-order chi connectivity index (χ0) is 10.8. The number of imidazole rings is 1. The van der Waals surface area contributed by atoms with E-state index >= 15 is 0 Å². The van der Waals surface area contributed by atoms with Crippen LogP contribution in [-0.4, -0.2) is 19.7 Å². The van der Waals surface area contributed by atoms with Gasteiger partial charge in [-0.05, 0) is 13.8 Å². The number of hydrogen-bond donors (Lipinski definition) is 1. The van der Waals surface area contributed by atoms with Gasteiger partial charge in [0.05, 0.1) is 18.2 Å². The molecular formula is C9H13N5O. The Balaban J connectivity index is 2.33. The zero-order valence-corrected chi connectivity index (χ0v) is 8.66. The van der Waals surface area contributed by atoms with Gasteiger partial charge in [0.1, 0.15) is 6.04 Å². The van der Waals surface area contributed by atoms with E-state index in [0.717, 1.165) is 5.69 Å². The third-order valence-corrected chi connectivity index (χ3v) is 2.23. The average Bonchev–Trinajstić information content (AvgIpc) is 2.88. The smallest absolute Gasteiger partial charge is 0.213 e. The molecule has 0 amide bonds. The summed E-state index contributed by atoms with van der Waals surface area (Å²) in [6.45, 7) is 4.13. The maximum absolute atomic E-state index is 6.00. The van der Waals surface area contributed by atoms with Crippen LogP contribution in [0.2, 0.25) is 0 Å². The molecule has 2 rings (SSSR count). The van der Waals surface area contributed by atoms with Gasteiger partial charge >= 0.3 is 0 Å². The van der Waals surface area contributed by atoms with Gasteiger partial charge in [-0.25, -0.2) is 4.98 Å². The van der Waals surface area contributed by atoms with Crippen LogP contribution in [0.3, 0.4) is 0 Å². The molecule has 2 aromatic heterocycles. The van der Waals surface area contributed by atoms with Crippen molar-refractivity contribution >= 4 is 0 Å². The van der Waals surface area contributed by atoms with Crippen LogP contribution >= 0.6 is 0 Å². The standard InChI is InChI=1S/C9H13N5O/c1-6(2)14-4-11-3-7(14)8(10)9-12-5-15-13-9/h3-6,8H,10H2,1-2H3. The van der Waals surface area contributed by atoms with E-state index in [-0.39, 0.29) is 0 Å². The summed E-state index contributed by atoms with van der Waals surface area (Å²) in [4.78, 5) is 8.00. The first kappa shape index (κ1) is 9.85. The highest BCUT2D eigenvalue weighted by Crippen LogP contribution is 2.18. The Hall–Kier alpha value is -1.69. The molecule has 0 fully saturated rings. The van der Waals surface area contributed by atoms with E-state index in [0.29, 0.717) is 11.9 Å². The van der Waals surface area contributed by atoms with Crippen molar-refractivity contribution in [3.05, 3.63) is 30.4 Å². The minimum absolute atomic E-state index is 0.306. The second-order valence-corrected chi connectivity index (χ2v) is 3.59. The molecule has 2 aromatic rings. The van der Waals surface area contributed by atoms with Crippen molar-refractivity contribution in [3.8, 4) is 0 Å². The van der Waals surface area contributed by atoms with Gasteiger partial charge in [-0.2, -0.15) is 4.98 Å². The third-order valence-electron chi connectivity index (χ3n) is 2.23. The number of nitrogens with zero attached hydrogens (tertiary/aromatic N) is 4. The van der Waals surface area contributed by atoms with Gasteiger partial charge < -0.3 is 14.8 Å². The molecule has 1 atom stereocenters. The van der Waals surface area contributed by atoms with E-state index in [1.54, 1.807) is 12.5 Å². The van der Waals surface area contributed by atoms with Crippen LogP contribution in [0, 0.1) is 0 Å². The van der Waals surface area contributed by atoms with Crippen molar-refractivity contribution in [1.82, 2.24) is 19.7 Å². The first-order chi connectivity index (χ1) is 7.20. The molecule has 6 nitrogen and oxygen atoms in total. The molecule has 6 heteroatoms. The van der Waals surface area contributed by atoms with Gasteiger partial charge in [0.15, 0.2) is 5.82 Å². The quantitative estimate of drug-likeness (QED) is 0.808. The minimum atomic E-state index is -0.395. The lowest BCUT2D eigenvalue weighted by molar-refractivity contribution is 0.406. The third kappa shape index (κ3) is 1.75. The average molecular weight is 207 g/mol. The molecule has 2 N–H and O–H groups in total. The van der Waals surface area contributed by atoms with Crippen LogP contribution in [0.4, 0.5) is 0 Å². The summed E-state index contributed by atoms with van der Waals surface area (Å²) in [5.74, 6) is 0.470. The Bertz CT molecular complexity index is 419. The zero-order valence-electron chi connectivity index (χ0n) is 8.66. The van der Waals surface area contributed by atoms with Crippen LogP contribution in [0.1, 0.15) is 37.4 Å². The number of aromatic nitrogens is 4. The fourth-order valence-electron chi connectivity index (χ4n) is 1.44. The first-order valence-electron chi connectivity index (χ1n) is 4.73. The van der Waals surface area contributed by atoms with E-state index in [2.05, 4.69) is 33.5 Å². The number of hydrogen-bond acceptors (Lipinski definition) is 5. The molecule has 80 valence electrons. The van der Waals surface area contributed by atoms with Crippen molar-refractivity contribution in [2.75, 3.05) is 0 Å². The normalized spacial score (nSPS) is 13.3. The molecule has 0 spiro atoms.